The lowest BCUT2D eigenvalue weighted by atomic mass is 9.91. The Kier molecular flexibility index (Phi) is 5.70. The fraction of sp³-hybridized carbons (Fsp3) is 0.240. The molecule has 1 aromatic heterocycles. The maximum atomic E-state index is 13.7. The molecule has 1 amide bonds. The lowest BCUT2D eigenvalue weighted by molar-refractivity contribution is -0.116. The molecule has 0 fully saturated rings. The predicted octanol–water partition coefficient (Wildman–Crippen LogP) is 5.54. The molecule has 2 aromatic carbocycles. The van der Waals surface area contributed by atoms with Crippen molar-refractivity contribution in [3.05, 3.63) is 76.9 Å². The predicted molar refractivity (Wildman–Crippen MR) is 118 cm³/mol. The van der Waals surface area contributed by atoms with Gasteiger partial charge in [-0.15, -0.1) is 0 Å². The second-order valence-electron chi connectivity index (χ2n) is 7.94. The summed E-state index contributed by atoms with van der Waals surface area (Å²) in [5, 5.41) is 2.94. The van der Waals surface area contributed by atoms with Gasteiger partial charge in [-0.05, 0) is 54.2 Å². The number of fused-ring (bicyclic) bond motifs is 3. The number of aryl methyl sites for hydroxylation is 2. The number of hydrogen-bond donors (Lipinski definition) is 1. The molecule has 3 aromatic rings. The highest BCUT2D eigenvalue weighted by atomic mass is 19.1. The Hall–Kier alpha value is -3.34. The van der Waals surface area contributed by atoms with Crippen LogP contribution in [0.4, 0.5) is 10.2 Å². The number of halogens is 1. The van der Waals surface area contributed by atoms with E-state index in [1.807, 2.05) is 56.3 Å². The van der Waals surface area contributed by atoms with Crippen LogP contribution >= 0.6 is 0 Å². The van der Waals surface area contributed by atoms with Crippen LogP contribution in [0.15, 0.2) is 48.5 Å². The number of hydrogen-bond acceptors (Lipinski definition) is 3. The molecule has 5 heteroatoms. The minimum Gasteiger partial charge on any atom is -0.309 e. The molecule has 4 rings (SSSR count). The molecule has 0 radical (unpaired) electrons. The van der Waals surface area contributed by atoms with Gasteiger partial charge in [-0.2, -0.15) is 0 Å². The van der Waals surface area contributed by atoms with Gasteiger partial charge in [-0.1, -0.05) is 50.3 Å². The van der Waals surface area contributed by atoms with E-state index < -0.39 is 0 Å². The zero-order chi connectivity index (χ0) is 21.1. The van der Waals surface area contributed by atoms with Crippen LogP contribution in [0.25, 0.3) is 23.4 Å². The second-order valence-corrected chi connectivity index (χ2v) is 7.94. The molecular formula is C25H24FN3O. The summed E-state index contributed by atoms with van der Waals surface area (Å²) in [6, 6.07) is 14.7. The lowest BCUT2D eigenvalue weighted by Gasteiger charge is -2.20. The largest absolute Gasteiger partial charge is 0.309 e. The van der Waals surface area contributed by atoms with Gasteiger partial charge in [0.25, 0.3) is 0 Å². The molecule has 0 unspecified atom stereocenters. The Morgan fingerprint density at radius 2 is 1.90 bits per heavy atom. The highest BCUT2D eigenvalue weighted by Crippen LogP contribution is 2.33. The zero-order valence-electron chi connectivity index (χ0n) is 17.2. The molecule has 152 valence electrons. The molecule has 1 N–H and O–H groups in total. The van der Waals surface area contributed by atoms with E-state index in [9.17, 15) is 9.18 Å². The number of aromatic nitrogens is 2. The Labute approximate surface area is 175 Å². The normalized spacial score (nSPS) is 12.7. The molecule has 0 saturated heterocycles. The fourth-order valence-electron chi connectivity index (χ4n) is 3.63. The van der Waals surface area contributed by atoms with Gasteiger partial charge in [0.2, 0.25) is 5.91 Å². The first-order valence-electron chi connectivity index (χ1n) is 10.2. The summed E-state index contributed by atoms with van der Waals surface area (Å²) in [6.45, 7) is 4.01. The summed E-state index contributed by atoms with van der Waals surface area (Å²) in [7, 11) is 0. The number of nitrogens with zero attached hydrogens (tertiary/aromatic N) is 2. The maximum Gasteiger partial charge on any atom is 0.225 e. The van der Waals surface area contributed by atoms with E-state index in [4.69, 9.17) is 9.97 Å². The zero-order valence-corrected chi connectivity index (χ0v) is 17.2. The second kappa shape index (κ2) is 8.57. The summed E-state index contributed by atoms with van der Waals surface area (Å²) in [4.78, 5) is 22.0. The van der Waals surface area contributed by atoms with Crippen molar-refractivity contribution < 1.29 is 9.18 Å². The molecule has 4 nitrogen and oxygen atoms in total. The summed E-state index contributed by atoms with van der Waals surface area (Å²) in [6.07, 6.45) is 5.60. The topological polar surface area (TPSA) is 54.9 Å². The van der Waals surface area contributed by atoms with E-state index in [0.29, 0.717) is 30.8 Å². The van der Waals surface area contributed by atoms with Crippen molar-refractivity contribution in [2.75, 3.05) is 5.32 Å². The highest BCUT2D eigenvalue weighted by Gasteiger charge is 2.22. The van der Waals surface area contributed by atoms with Crippen LogP contribution in [0.3, 0.4) is 0 Å². The molecule has 1 heterocycles. The van der Waals surface area contributed by atoms with Crippen molar-refractivity contribution in [2.45, 2.75) is 33.1 Å². The molecule has 30 heavy (non-hydrogen) atoms. The van der Waals surface area contributed by atoms with Crippen molar-refractivity contribution in [2.24, 2.45) is 5.92 Å². The molecule has 0 atom stereocenters. The van der Waals surface area contributed by atoms with Crippen molar-refractivity contribution in [1.29, 1.82) is 0 Å². The molecular weight excluding hydrogens is 377 g/mol. The lowest BCUT2D eigenvalue weighted by Crippen LogP contribution is -2.18. The Balaban J connectivity index is 1.76. The van der Waals surface area contributed by atoms with Crippen LogP contribution in [0.1, 0.15) is 42.8 Å². The fourth-order valence-corrected chi connectivity index (χ4v) is 3.63. The van der Waals surface area contributed by atoms with Crippen molar-refractivity contribution >= 4 is 23.9 Å². The van der Waals surface area contributed by atoms with Crippen LogP contribution in [0, 0.1) is 11.7 Å². The number of rotatable bonds is 5. The van der Waals surface area contributed by atoms with Crippen molar-refractivity contribution in [3.8, 4) is 11.3 Å². The van der Waals surface area contributed by atoms with Gasteiger partial charge in [0.15, 0.2) is 5.82 Å². The summed E-state index contributed by atoms with van der Waals surface area (Å²) < 4.78 is 13.7. The van der Waals surface area contributed by atoms with Gasteiger partial charge in [0.1, 0.15) is 11.5 Å². The molecule has 1 aliphatic carbocycles. The molecule has 0 aliphatic heterocycles. The first kappa shape index (κ1) is 20.0. The van der Waals surface area contributed by atoms with Gasteiger partial charge >= 0.3 is 0 Å². The van der Waals surface area contributed by atoms with Gasteiger partial charge in [0.05, 0.1) is 11.4 Å². The van der Waals surface area contributed by atoms with E-state index in [0.717, 1.165) is 28.1 Å². The first-order valence-corrected chi connectivity index (χ1v) is 10.2. The monoisotopic (exact) mass is 401 g/mol. The Morgan fingerprint density at radius 3 is 2.67 bits per heavy atom. The van der Waals surface area contributed by atoms with Crippen LogP contribution < -0.4 is 5.32 Å². The average molecular weight is 401 g/mol. The average Bonchev–Trinajstić information content (AvgIpc) is 2.72. The summed E-state index contributed by atoms with van der Waals surface area (Å²) in [5.41, 5.74) is 5.04. The number of carbonyl (C=O) groups is 1. The smallest absolute Gasteiger partial charge is 0.225 e. The number of amides is 1. The number of nitrogens with one attached hydrogen (secondary N) is 1. The molecule has 0 saturated carbocycles. The SMILES string of the molecule is CC(C)CC(=O)Nc1nc2c(nc1/C=C/c1ccccc1)-c1ccc(F)cc1CC2. The molecule has 0 spiro atoms. The van der Waals surface area contributed by atoms with Gasteiger partial charge in [-0.3, -0.25) is 4.79 Å². The van der Waals surface area contributed by atoms with Gasteiger partial charge in [-0.25, -0.2) is 14.4 Å². The molecule has 0 bridgehead atoms. The van der Waals surface area contributed by atoms with E-state index in [1.54, 1.807) is 12.1 Å². The third-order valence-electron chi connectivity index (χ3n) is 5.03. The number of benzene rings is 2. The standard InChI is InChI=1S/C25H24FN3O/c1-16(2)14-23(30)29-25-22(12-8-17-6-4-3-5-7-17)27-24-20-11-10-19(26)15-18(20)9-13-21(24)28-25/h3-8,10-12,15-16H,9,13-14H2,1-2H3,(H,28,29,30)/b12-8+. The Bertz CT molecular complexity index is 1110. The highest BCUT2D eigenvalue weighted by molar-refractivity contribution is 5.92. The van der Waals surface area contributed by atoms with E-state index in [1.165, 1.54) is 6.07 Å². The van der Waals surface area contributed by atoms with Gasteiger partial charge < -0.3 is 5.32 Å². The third-order valence-corrected chi connectivity index (χ3v) is 5.03. The summed E-state index contributed by atoms with van der Waals surface area (Å²) in [5.74, 6) is 0.400. The number of anilines is 1. The van der Waals surface area contributed by atoms with Crippen LogP contribution in [0.2, 0.25) is 0 Å². The quantitative estimate of drug-likeness (QED) is 0.611. The maximum absolute atomic E-state index is 13.7. The van der Waals surface area contributed by atoms with E-state index >= 15 is 0 Å². The summed E-state index contributed by atoms with van der Waals surface area (Å²) >= 11 is 0. The number of carbonyl (C=O) groups excluding carboxylic acids is 1. The van der Waals surface area contributed by atoms with Gasteiger partial charge in [0, 0.05) is 12.0 Å². The third kappa shape index (κ3) is 4.46. The van der Waals surface area contributed by atoms with E-state index in [-0.39, 0.29) is 17.6 Å². The van der Waals surface area contributed by atoms with E-state index in [2.05, 4.69) is 5.32 Å². The molecule has 1 aliphatic rings. The van der Waals surface area contributed by atoms with Crippen molar-refractivity contribution in [1.82, 2.24) is 9.97 Å². The minimum atomic E-state index is -0.244. The van der Waals surface area contributed by atoms with Crippen LogP contribution in [0.5, 0.6) is 0 Å². The first-order chi connectivity index (χ1) is 14.5. The van der Waals surface area contributed by atoms with Crippen molar-refractivity contribution in [3.63, 3.8) is 0 Å². The van der Waals surface area contributed by atoms with Crippen LogP contribution in [-0.2, 0) is 17.6 Å². The minimum absolute atomic E-state index is 0.0770. The Morgan fingerprint density at radius 1 is 1.10 bits per heavy atom. The van der Waals surface area contributed by atoms with Crippen LogP contribution in [-0.4, -0.2) is 15.9 Å².